The quantitative estimate of drug-likeness (QED) is 0.532. The van der Waals surface area contributed by atoms with Crippen LogP contribution in [0.15, 0.2) is 36.4 Å². The summed E-state index contributed by atoms with van der Waals surface area (Å²) in [5, 5.41) is 20.4. The Balaban J connectivity index is 1.81. The highest BCUT2D eigenvalue weighted by molar-refractivity contribution is 5.15. The average Bonchev–Trinajstić information content (AvgIpc) is 2.83. The van der Waals surface area contributed by atoms with Crippen LogP contribution in [0.5, 0.6) is 0 Å². The number of aliphatic hydroxyl groups excluding tert-OH is 2. The number of halogens is 1. The lowest BCUT2D eigenvalue weighted by molar-refractivity contribution is 0.0175. The Morgan fingerprint density at radius 1 is 1.12 bits per heavy atom. The zero-order valence-corrected chi connectivity index (χ0v) is 14.4. The first kappa shape index (κ1) is 19.1. The van der Waals surface area contributed by atoms with Crippen LogP contribution >= 0.6 is 0 Å². The molecule has 4 atom stereocenters. The third-order valence-electron chi connectivity index (χ3n) is 4.81. The van der Waals surface area contributed by atoms with Crippen LogP contribution < -0.4 is 0 Å². The molecular weight excluding hydrogens is 307 g/mol. The molecule has 1 aliphatic rings. The van der Waals surface area contributed by atoms with Crippen molar-refractivity contribution < 1.29 is 19.3 Å². The largest absolute Gasteiger partial charge is 0.393 e. The van der Waals surface area contributed by atoms with Gasteiger partial charge in [-0.15, -0.1) is 0 Å². The molecule has 0 bridgehead atoms. The Kier molecular flexibility index (Phi) is 7.89. The van der Waals surface area contributed by atoms with E-state index in [2.05, 4.69) is 19.1 Å². The number of hydrogen-bond donors (Lipinski definition) is 2. The summed E-state index contributed by atoms with van der Waals surface area (Å²) in [7, 11) is 0. The fourth-order valence-electron chi connectivity index (χ4n) is 3.32. The lowest BCUT2D eigenvalue weighted by Gasteiger charge is -2.22. The minimum absolute atomic E-state index is 0.0334. The van der Waals surface area contributed by atoms with Gasteiger partial charge < -0.3 is 14.9 Å². The first-order valence-electron chi connectivity index (χ1n) is 8.95. The van der Waals surface area contributed by atoms with Crippen molar-refractivity contribution in [3.8, 4) is 0 Å². The molecule has 0 spiro atoms. The lowest BCUT2D eigenvalue weighted by atomic mass is 9.91. The maximum absolute atomic E-state index is 12.9. The number of allylic oxidation sites excluding steroid dienone is 2. The Hall–Kier alpha value is -1.23. The summed E-state index contributed by atoms with van der Waals surface area (Å²) in [6, 6.07) is 6.22. The highest BCUT2D eigenvalue weighted by Gasteiger charge is 2.40. The van der Waals surface area contributed by atoms with Crippen molar-refractivity contribution in [2.24, 2.45) is 11.8 Å². The molecule has 0 heterocycles. The predicted octanol–water partition coefficient (Wildman–Crippen LogP) is 3.84. The molecule has 4 unspecified atom stereocenters. The Bertz CT molecular complexity index is 500. The van der Waals surface area contributed by atoms with Crippen molar-refractivity contribution in [1.29, 1.82) is 0 Å². The third kappa shape index (κ3) is 5.69. The fraction of sp³-hybridized carbons (Fsp3) is 0.600. The first-order chi connectivity index (χ1) is 11.6. The fourth-order valence-corrected chi connectivity index (χ4v) is 3.32. The lowest BCUT2D eigenvalue weighted by Crippen LogP contribution is -2.26. The van der Waals surface area contributed by atoms with Crippen LogP contribution in [0.25, 0.3) is 0 Å². The van der Waals surface area contributed by atoms with Crippen molar-refractivity contribution in [2.45, 2.75) is 57.8 Å². The van der Waals surface area contributed by atoms with Gasteiger partial charge in [0.1, 0.15) is 5.82 Å². The molecule has 0 aliphatic heterocycles. The molecule has 134 valence electrons. The van der Waals surface area contributed by atoms with Crippen LogP contribution in [0.2, 0.25) is 0 Å². The molecule has 0 amide bonds. The molecule has 2 N–H and O–H groups in total. The minimum Gasteiger partial charge on any atom is -0.393 e. The van der Waals surface area contributed by atoms with Crippen molar-refractivity contribution >= 4 is 0 Å². The first-order valence-corrected chi connectivity index (χ1v) is 8.95. The van der Waals surface area contributed by atoms with Gasteiger partial charge in [-0.3, -0.25) is 0 Å². The van der Waals surface area contributed by atoms with Crippen molar-refractivity contribution in [3.05, 3.63) is 47.8 Å². The summed E-state index contributed by atoms with van der Waals surface area (Å²) in [5.74, 6) is -0.287. The molecular formula is C20H29FO3. The summed E-state index contributed by atoms with van der Waals surface area (Å²) < 4.78 is 18.6. The number of aliphatic hydroxyl groups is 2. The molecule has 3 nitrogen and oxygen atoms in total. The van der Waals surface area contributed by atoms with Gasteiger partial charge in [0, 0.05) is 5.92 Å². The average molecular weight is 336 g/mol. The second kappa shape index (κ2) is 9.92. The zero-order chi connectivity index (χ0) is 17.4. The Labute approximate surface area is 144 Å². The van der Waals surface area contributed by atoms with E-state index in [1.54, 1.807) is 12.1 Å². The topological polar surface area (TPSA) is 49.7 Å². The zero-order valence-electron chi connectivity index (χ0n) is 14.4. The van der Waals surface area contributed by atoms with Gasteiger partial charge in [0.05, 0.1) is 25.4 Å². The maximum Gasteiger partial charge on any atom is 0.123 e. The third-order valence-corrected chi connectivity index (χ3v) is 4.81. The number of benzene rings is 1. The van der Waals surface area contributed by atoms with E-state index in [9.17, 15) is 14.6 Å². The van der Waals surface area contributed by atoms with E-state index in [0.29, 0.717) is 19.6 Å². The van der Waals surface area contributed by atoms with Crippen molar-refractivity contribution in [1.82, 2.24) is 0 Å². The second-order valence-corrected chi connectivity index (χ2v) is 6.69. The molecule has 1 aromatic rings. The minimum atomic E-state index is -0.526. The normalized spacial score (nSPS) is 27.2. The molecule has 2 rings (SSSR count). The Morgan fingerprint density at radius 2 is 1.83 bits per heavy atom. The van der Waals surface area contributed by atoms with Crippen LogP contribution in [0, 0.1) is 17.7 Å². The van der Waals surface area contributed by atoms with Gasteiger partial charge in [-0.2, -0.15) is 0 Å². The van der Waals surface area contributed by atoms with Crippen LogP contribution in [0.4, 0.5) is 4.39 Å². The Morgan fingerprint density at radius 3 is 2.54 bits per heavy atom. The highest BCUT2D eigenvalue weighted by Crippen LogP contribution is 2.35. The highest BCUT2D eigenvalue weighted by atomic mass is 19.1. The van der Waals surface area contributed by atoms with Gasteiger partial charge in [-0.1, -0.05) is 44.1 Å². The van der Waals surface area contributed by atoms with Crippen molar-refractivity contribution in [2.75, 3.05) is 6.61 Å². The smallest absolute Gasteiger partial charge is 0.123 e. The molecule has 24 heavy (non-hydrogen) atoms. The summed E-state index contributed by atoms with van der Waals surface area (Å²) >= 11 is 0. The van der Waals surface area contributed by atoms with E-state index in [4.69, 9.17) is 4.74 Å². The van der Waals surface area contributed by atoms with E-state index in [-0.39, 0.29) is 17.7 Å². The van der Waals surface area contributed by atoms with Crippen LogP contribution in [0.3, 0.4) is 0 Å². The summed E-state index contributed by atoms with van der Waals surface area (Å²) in [6.07, 6.45) is 7.88. The summed E-state index contributed by atoms with van der Waals surface area (Å²) in [5.41, 5.74) is 0.903. The van der Waals surface area contributed by atoms with E-state index in [0.717, 1.165) is 18.4 Å². The molecule has 1 fully saturated rings. The maximum atomic E-state index is 12.9. The van der Waals surface area contributed by atoms with Gasteiger partial charge in [-0.25, -0.2) is 4.39 Å². The molecule has 1 aliphatic carbocycles. The van der Waals surface area contributed by atoms with Crippen molar-refractivity contribution in [3.63, 3.8) is 0 Å². The number of unbranched alkanes of at least 4 members (excludes halogenated alkanes) is 2. The molecule has 0 aromatic heterocycles. The van der Waals surface area contributed by atoms with Gasteiger partial charge in [0.2, 0.25) is 0 Å². The van der Waals surface area contributed by atoms with Crippen LogP contribution in [-0.2, 0) is 11.3 Å². The molecule has 1 saturated carbocycles. The molecule has 0 saturated heterocycles. The number of hydrogen-bond acceptors (Lipinski definition) is 3. The van der Waals surface area contributed by atoms with E-state index in [1.807, 2.05) is 0 Å². The monoisotopic (exact) mass is 336 g/mol. The summed E-state index contributed by atoms with van der Waals surface area (Å²) in [6.45, 7) is 2.96. The van der Waals surface area contributed by atoms with Gasteiger partial charge in [0.15, 0.2) is 0 Å². The second-order valence-electron chi connectivity index (χ2n) is 6.69. The van der Waals surface area contributed by atoms with Gasteiger partial charge >= 0.3 is 0 Å². The van der Waals surface area contributed by atoms with Crippen LogP contribution in [0.1, 0.15) is 44.6 Å². The summed E-state index contributed by atoms with van der Waals surface area (Å²) in [4.78, 5) is 0. The molecule has 1 aromatic carbocycles. The van der Waals surface area contributed by atoms with E-state index in [1.165, 1.54) is 25.0 Å². The molecule has 4 heteroatoms. The number of rotatable bonds is 9. The predicted molar refractivity (Wildman–Crippen MR) is 92.9 cm³/mol. The standard InChI is InChI=1S/C20H29FO3/c1-2-3-4-5-6-7-17-18(20(23)12-19(17)22)14-24-13-15-8-10-16(21)11-9-15/h5-6,8-11,17-20,22-23H,2-4,7,12-14H2,1H3/b6-5-. The van der Waals surface area contributed by atoms with E-state index < -0.39 is 12.2 Å². The number of ether oxygens (including phenoxy) is 1. The van der Waals surface area contributed by atoms with E-state index >= 15 is 0 Å². The molecule has 0 radical (unpaired) electrons. The van der Waals surface area contributed by atoms with Gasteiger partial charge in [-0.05, 0) is 42.9 Å². The van der Waals surface area contributed by atoms with Gasteiger partial charge in [0.25, 0.3) is 0 Å². The SMILES string of the molecule is CCCC/C=C\CC1C(O)CC(O)C1COCc1ccc(F)cc1. The van der Waals surface area contributed by atoms with Crippen LogP contribution in [-0.4, -0.2) is 29.0 Å².